The number of carbonyl (C=O) groups excluding carboxylic acids is 2. The van der Waals surface area contributed by atoms with Crippen molar-refractivity contribution in [3.05, 3.63) is 45.6 Å². The number of likely N-dealkylation sites (N-methyl/N-ethyl adjacent to an activating group) is 1. The van der Waals surface area contributed by atoms with Gasteiger partial charge in [0.25, 0.3) is 5.91 Å². The van der Waals surface area contributed by atoms with E-state index in [-0.39, 0.29) is 18.4 Å². The Hall–Kier alpha value is -2.34. The van der Waals surface area contributed by atoms with Crippen molar-refractivity contribution in [1.29, 1.82) is 0 Å². The molecule has 0 aliphatic heterocycles. The first-order valence-corrected chi connectivity index (χ1v) is 10.2. The second-order valence-corrected chi connectivity index (χ2v) is 8.14. The number of nitrogens with one attached hydrogen (secondary N) is 1. The summed E-state index contributed by atoms with van der Waals surface area (Å²) in [6.07, 6.45) is 3.28. The Bertz CT molecular complexity index is 831. The largest absolute Gasteiger partial charge is 0.497 e. The van der Waals surface area contributed by atoms with Crippen molar-refractivity contribution in [2.75, 3.05) is 25.5 Å². The minimum atomic E-state index is -0.214. The van der Waals surface area contributed by atoms with E-state index in [1.807, 2.05) is 25.1 Å². The number of methoxy groups -OCH3 is 1. The van der Waals surface area contributed by atoms with Crippen LogP contribution in [0.3, 0.4) is 0 Å². The highest BCUT2D eigenvalue weighted by atomic mass is 32.1. The maximum Gasteiger partial charge on any atom is 0.264 e. The van der Waals surface area contributed by atoms with Crippen LogP contribution in [0, 0.1) is 5.92 Å². The molecule has 1 aromatic carbocycles. The van der Waals surface area contributed by atoms with Gasteiger partial charge in [-0.3, -0.25) is 9.59 Å². The molecule has 6 heteroatoms. The monoisotopic (exact) mass is 386 g/mol. The van der Waals surface area contributed by atoms with Gasteiger partial charge in [0.2, 0.25) is 5.91 Å². The van der Waals surface area contributed by atoms with Gasteiger partial charge in [-0.15, -0.1) is 11.3 Å². The third-order valence-corrected chi connectivity index (χ3v) is 6.12. The van der Waals surface area contributed by atoms with Crippen LogP contribution in [0.2, 0.25) is 0 Å². The van der Waals surface area contributed by atoms with Gasteiger partial charge in [-0.25, -0.2) is 0 Å². The number of fused-ring (bicyclic) bond motifs is 1. The first-order valence-electron chi connectivity index (χ1n) is 9.35. The molecule has 0 unspecified atom stereocenters. The molecule has 1 aromatic heterocycles. The lowest BCUT2D eigenvalue weighted by atomic mass is 9.90. The Morgan fingerprint density at radius 3 is 2.89 bits per heavy atom. The first kappa shape index (κ1) is 19.4. The van der Waals surface area contributed by atoms with Crippen molar-refractivity contribution in [3.63, 3.8) is 0 Å². The number of amides is 2. The molecule has 0 spiro atoms. The summed E-state index contributed by atoms with van der Waals surface area (Å²) >= 11 is 1.59. The van der Waals surface area contributed by atoms with Crippen LogP contribution in [0.25, 0.3) is 0 Å². The van der Waals surface area contributed by atoms with Crippen LogP contribution in [0.1, 0.15) is 40.4 Å². The number of hydrogen-bond donors (Lipinski definition) is 1. The van der Waals surface area contributed by atoms with E-state index >= 15 is 0 Å². The Morgan fingerprint density at radius 1 is 1.33 bits per heavy atom. The van der Waals surface area contributed by atoms with E-state index in [0.29, 0.717) is 23.9 Å². The first-order chi connectivity index (χ1) is 13.0. The average molecular weight is 387 g/mol. The van der Waals surface area contributed by atoms with Crippen LogP contribution in [0.15, 0.2) is 30.3 Å². The van der Waals surface area contributed by atoms with Gasteiger partial charge in [0.1, 0.15) is 12.3 Å². The summed E-state index contributed by atoms with van der Waals surface area (Å²) in [6, 6.07) is 9.21. The minimum Gasteiger partial charge on any atom is -0.497 e. The number of anilines is 1. The predicted molar refractivity (Wildman–Crippen MR) is 109 cm³/mol. The second kappa shape index (κ2) is 8.57. The number of hydrogen-bond acceptors (Lipinski definition) is 4. The zero-order chi connectivity index (χ0) is 19.4. The Kier molecular flexibility index (Phi) is 6.16. The van der Waals surface area contributed by atoms with Crippen LogP contribution in [0.4, 0.5) is 5.69 Å². The molecule has 2 aromatic rings. The van der Waals surface area contributed by atoms with Crippen molar-refractivity contribution in [2.45, 2.75) is 33.1 Å². The number of aryl methyl sites for hydroxylation is 1. The quantitative estimate of drug-likeness (QED) is 0.817. The average Bonchev–Trinajstić information content (AvgIpc) is 3.08. The highest BCUT2D eigenvalue weighted by molar-refractivity contribution is 7.14. The molecule has 27 heavy (non-hydrogen) atoms. The summed E-state index contributed by atoms with van der Waals surface area (Å²) in [5, 5.41) is 2.83. The molecule has 5 nitrogen and oxygen atoms in total. The van der Waals surface area contributed by atoms with Gasteiger partial charge in [-0.2, -0.15) is 0 Å². The van der Waals surface area contributed by atoms with Crippen molar-refractivity contribution < 1.29 is 14.3 Å². The highest BCUT2D eigenvalue weighted by Gasteiger charge is 2.24. The van der Waals surface area contributed by atoms with Gasteiger partial charge in [-0.05, 0) is 55.9 Å². The van der Waals surface area contributed by atoms with Gasteiger partial charge in [0.15, 0.2) is 0 Å². The number of carbonyl (C=O) groups is 2. The third-order valence-electron chi connectivity index (χ3n) is 4.90. The molecule has 0 fully saturated rings. The van der Waals surface area contributed by atoms with E-state index in [0.717, 1.165) is 17.7 Å². The maximum absolute atomic E-state index is 12.9. The van der Waals surface area contributed by atoms with Crippen molar-refractivity contribution in [1.82, 2.24) is 4.90 Å². The van der Waals surface area contributed by atoms with Crippen molar-refractivity contribution in [2.24, 2.45) is 5.92 Å². The normalized spacial score (nSPS) is 15.7. The van der Waals surface area contributed by atoms with Gasteiger partial charge in [0, 0.05) is 23.2 Å². The zero-order valence-corrected chi connectivity index (χ0v) is 16.9. The molecule has 0 saturated heterocycles. The van der Waals surface area contributed by atoms with E-state index in [1.165, 1.54) is 16.9 Å². The van der Waals surface area contributed by atoms with Crippen LogP contribution in [-0.2, 0) is 17.6 Å². The van der Waals surface area contributed by atoms with Crippen LogP contribution < -0.4 is 10.1 Å². The number of rotatable bonds is 6. The fraction of sp³-hybridized carbons (Fsp3) is 0.429. The molecular formula is C21H26N2O3S. The molecule has 144 valence electrons. The third kappa shape index (κ3) is 4.69. The Morgan fingerprint density at radius 2 is 2.15 bits per heavy atom. The topological polar surface area (TPSA) is 58.6 Å². The summed E-state index contributed by atoms with van der Waals surface area (Å²) in [5.41, 5.74) is 1.96. The summed E-state index contributed by atoms with van der Waals surface area (Å²) in [6.45, 7) is 4.67. The zero-order valence-electron chi connectivity index (χ0n) is 16.1. The summed E-state index contributed by atoms with van der Waals surface area (Å²) in [4.78, 5) is 29.0. The number of nitrogens with zero attached hydrogens (tertiary/aromatic N) is 1. The Labute approximate surface area is 164 Å². The predicted octanol–water partition coefficient (Wildman–Crippen LogP) is 3.98. The SMILES string of the molecule is CCN(CC(=O)Nc1cccc(OC)c1)C(=O)c1cc2c(s1)CC[C@@H](C)C2. The van der Waals surface area contributed by atoms with E-state index in [1.54, 1.807) is 35.5 Å². The molecule has 1 aliphatic carbocycles. The highest BCUT2D eigenvalue weighted by Crippen LogP contribution is 2.32. The summed E-state index contributed by atoms with van der Waals surface area (Å²) in [7, 11) is 1.58. The molecule has 3 rings (SSSR count). The molecule has 2 amide bonds. The Balaban J connectivity index is 1.65. The fourth-order valence-electron chi connectivity index (χ4n) is 3.37. The van der Waals surface area contributed by atoms with E-state index in [2.05, 4.69) is 12.2 Å². The number of thiophene rings is 1. The number of ether oxygens (including phenoxy) is 1. The molecule has 1 aliphatic rings. The lowest BCUT2D eigenvalue weighted by Gasteiger charge is -2.19. The summed E-state index contributed by atoms with van der Waals surface area (Å²) < 4.78 is 5.17. The lowest BCUT2D eigenvalue weighted by Crippen LogP contribution is -2.37. The van der Waals surface area contributed by atoms with E-state index in [9.17, 15) is 9.59 Å². The van der Waals surface area contributed by atoms with Crippen LogP contribution in [0.5, 0.6) is 5.75 Å². The van der Waals surface area contributed by atoms with E-state index < -0.39 is 0 Å². The van der Waals surface area contributed by atoms with Crippen LogP contribution in [-0.4, -0.2) is 36.9 Å². The van der Waals surface area contributed by atoms with Gasteiger partial charge < -0.3 is 15.0 Å². The second-order valence-electron chi connectivity index (χ2n) is 7.01. The minimum absolute atomic E-state index is 0.0332. The smallest absolute Gasteiger partial charge is 0.264 e. The summed E-state index contributed by atoms with van der Waals surface area (Å²) in [5.74, 6) is 1.07. The van der Waals surface area contributed by atoms with Crippen molar-refractivity contribution in [3.8, 4) is 5.75 Å². The molecular weight excluding hydrogens is 360 g/mol. The molecule has 1 heterocycles. The van der Waals surface area contributed by atoms with Crippen molar-refractivity contribution >= 4 is 28.8 Å². The number of benzene rings is 1. The molecule has 1 N–H and O–H groups in total. The van der Waals surface area contributed by atoms with Gasteiger partial charge in [-0.1, -0.05) is 13.0 Å². The van der Waals surface area contributed by atoms with E-state index in [4.69, 9.17) is 4.74 Å². The van der Waals surface area contributed by atoms with Crippen LogP contribution >= 0.6 is 11.3 Å². The molecule has 1 atom stereocenters. The maximum atomic E-state index is 12.9. The molecule has 0 saturated carbocycles. The molecule has 0 bridgehead atoms. The fourth-order valence-corrected chi connectivity index (χ4v) is 4.55. The lowest BCUT2D eigenvalue weighted by molar-refractivity contribution is -0.116. The van der Waals surface area contributed by atoms with Gasteiger partial charge in [0.05, 0.1) is 12.0 Å². The molecule has 0 radical (unpaired) electrons. The van der Waals surface area contributed by atoms with Gasteiger partial charge >= 0.3 is 0 Å². The standard InChI is InChI=1S/C21H26N2O3S/c1-4-23(13-20(24)22-16-6-5-7-17(12-16)26-3)21(25)19-11-15-10-14(2)8-9-18(15)27-19/h5-7,11-12,14H,4,8-10,13H2,1-3H3,(H,22,24)/t14-/m1/s1.